The molecule has 2 fully saturated rings. The molecule has 1 amide bonds. The summed E-state index contributed by atoms with van der Waals surface area (Å²) in [5.41, 5.74) is 5.87. The van der Waals surface area contributed by atoms with Crippen molar-refractivity contribution in [3.63, 3.8) is 0 Å². The van der Waals surface area contributed by atoms with E-state index < -0.39 is 0 Å². The Balaban J connectivity index is 1.72. The van der Waals surface area contributed by atoms with E-state index in [0.29, 0.717) is 25.8 Å². The molecule has 0 aromatic heterocycles. The van der Waals surface area contributed by atoms with Gasteiger partial charge in [0, 0.05) is 51.9 Å². The predicted octanol–water partition coefficient (Wildman–Crippen LogP) is -0.410. The second kappa shape index (κ2) is 8.68. The lowest BCUT2D eigenvalue weighted by Gasteiger charge is -2.39. The summed E-state index contributed by atoms with van der Waals surface area (Å²) in [6.45, 7) is 10.3. The molecule has 2 N–H and O–H groups in total. The Kier molecular flexibility index (Phi) is 6.89. The second-order valence-electron chi connectivity index (χ2n) is 5.98. The molecule has 1 unspecified atom stereocenters. The number of hydrogen-bond donors (Lipinski definition) is 1. The van der Waals surface area contributed by atoms with Gasteiger partial charge in [-0.25, -0.2) is 0 Å². The van der Waals surface area contributed by atoms with E-state index in [1.165, 1.54) is 12.8 Å². The van der Waals surface area contributed by atoms with Gasteiger partial charge in [-0.1, -0.05) is 13.3 Å². The van der Waals surface area contributed by atoms with E-state index in [1.807, 2.05) is 4.90 Å². The third-order valence-electron chi connectivity index (χ3n) is 4.54. The molecule has 2 heterocycles. The van der Waals surface area contributed by atoms with Crippen LogP contribution >= 0.6 is 0 Å². The molecule has 2 rings (SSSR count). The lowest BCUT2D eigenvalue weighted by molar-refractivity contribution is -0.137. The van der Waals surface area contributed by atoms with Crippen molar-refractivity contribution in [2.75, 3.05) is 65.6 Å². The number of nitrogens with two attached hydrogens (primary N) is 1. The van der Waals surface area contributed by atoms with Crippen molar-refractivity contribution in [2.45, 2.75) is 25.8 Å². The van der Waals surface area contributed by atoms with Gasteiger partial charge in [0.2, 0.25) is 5.91 Å². The van der Waals surface area contributed by atoms with Crippen molar-refractivity contribution < 1.29 is 9.53 Å². The van der Waals surface area contributed by atoms with Crippen LogP contribution in [0, 0.1) is 0 Å². The Morgan fingerprint density at radius 3 is 2.38 bits per heavy atom. The molecule has 0 aromatic rings. The number of carbonyl (C=O) groups is 1. The van der Waals surface area contributed by atoms with Crippen LogP contribution in [0.15, 0.2) is 0 Å². The molecule has 0 spiro atoms. The average molecular weight is 298 g/mol. The fourth-order valence-electron chi connectivity index (χ4n) is 3.17. The van der Waals surface area contributed by atoms with Crippen LogP contribution in [0.1, 0.15) is 19.8 Å². The van der Waals surface area contributed by atoms with E-state index in [0.717, 1.165) is 45.8 Å². The van der Waals surface area contributed by atoms with E-state index in [-0.39, 0.29) is 5.91 Å². The highest BCUT2D eigenvalue weighted by molar-refractivity contribution is 5.78. The summed E-state index contributed by atoms with van der Waals surface area (Å²) in [5.74, 6) is 0.246. The zero-order chi connectivity index (χ0) is 15.1. The van der Waals surface area contributed by atoms with Crippen LogP contribution in [0.2, 0.25) is 0 Å². The lowest BCUT2D eigenvalue weighted by atomic mass is 10.1. The molecule has 0 bridgehead atoms. The third-order valence-corrected chi connectivity index (χ3v) is 4.54. The van der Waals surface area contributed by atoms with Crippen LogP contribution in [-0.4, -0.2) is 92.2 Å². The predicted molar refractivity (Wildman–Crippen MR) is 83.2 cm³/mol. The molecule has 2 aliphatic rings. The van der Waals surface area contributed by atoms with Crippen LogP contribution in [0.25, 0.3) is 0 Å². The highest BCUT2D eigenvalue weighted by atomic mass is 16.5. The Hall–Kier alpha value is -0.690. The molecule has 0 saturated carbocycles. The Labute approximate surface area is 128 Å². The highest BCUT2D eigenvalue weighted by Gasteiger charge is 2.25. The number of nitrogens with zero attached hydrogens (tertiary/aromatic N) is 3. The lowest BCUT2D eigenvalue weighted by Crippen LogP contribution is -2.54. The summed E-state index contributed by atoms with van der Waals surface area (Å²) in [4.78, 5) is 18.9. The van der Waals surface area contributed by atoms with E-state index in [1.54, 1.807) is 0 Å². The smallest absolute Gasteiger partial charge is 0.236 e. The Morgan fingerprint density at radius 2 is 1.81 bits per heavy atom. The Morgan fingerprint density at radius 1 is 1.14 bits per heavy atom. The quantitative estimate of drug-likeness (QED) is 0.722. The summed E-state index contributed by atoms with van der Waals surface area (Å²) in [7, 11) is 0. The van der Waals surface area contributed by atoms with Gasteiger partial charge in [0.05, 0.1) is 19.8 Å². The first-order valence-electron chi connectivity index (χ1n) is 8.26. The number of piperazine rings is 1. The number of ether oxygens (including phenoxy) is 1. The summed E-state index contributed by atoms with van der Waals surface area (Å²) >= 11 is 0. The van der Waals surface area contributed by atoms with E-state index >= 15 is 0 Å². The van der Waals surface area contributed by atoms with Crippen LogP contribution in [0.5, 0.6) is 0 Å². The molecule has 0 aliphatic carbocycles. The van der Waals surface area contributed by atoms with Crippen LogP contribution in [0.4, 0.5) is 0 Å². The van der Waals surface area contributed by atoms with E-state index in [2.05, 4.69) is 16.7 Å². The fourth-order valence-corrected chi connectivity index (χ4v) is 3.17. The van der Waals surface area contributed by atoms with Gasteiger partial charge in [-0.15, -0.1) is 0 Å². The topological polar surface area (TPSA) is 62.0 Å². The standard InChI is InChI=1S/C15H30N4O2/c1-2-3-14(12-16)18-6-4-17(5-7-18)13-15(20)19-8-10-21-11-9-19/h14H,2-13,16H2,1H3. The maximum Gasteiger partial charge on any atom is 0.236 e. The maximum absolute atomic E-state index is 12.2. The van der Waals surface area contributed by atoms with Gasteiger partial charge in [-0.3, -0.25) is 14.6 Å². The van der Waals surface area contributed by atoms with Crippen LogP contribution in [0.3, 0.4) is 0 Å². The number of hydrogen-bond acceptors (Lipinski definition) is 5. The third kappa shape index (κ3) is 4.92. The molecule has 21 heavy (non-hydrogen) atoms. The molecule has 0 radical (unpaired) electrons. The molecule has 122 valence electrons. The minimum atomic E-state index is 0.246. The molecule has 1 atom stereocenters. The first-order valence-corrected chi connectivity index (χ1v) is 8.26. The highest BCUT2D eigenvalue weighted by Crippen LogP contribution is 2.10. The largest absolute Gasteiger partial charge is 0.378 e. The minimum absolute atomic E-state index is 0.246. The summed E-state index contributed by atoms with van der Waals surface area (Å²) < 4.78 is 5.29. The Bertz CT molecular complexity index is 313. The van der Waals surface area contributed by atoms with E-state index in [4.69, 9.17) is 10.5 Å². The van der Waals surface area contributed by atoms with Gasteiger partial charge in [-0.2, -0.15) is 0 Å². The van der Waals surface area contributed by atoms with Crippen molar-refractivity contribution in [3.8, 4) is 0 Å². The molecule has 2 aliphatic heterocycles. The number of rotatable bonds is 6. The number of morpholine rings is 1. The van der Waals surface area contributed by atoms with Gasteiger partial charge in [-0.05, 0) is 6.42 Å². The van der Waals surface area contributed by atoms with Crippen molar-refractivity contribution in [2.24, 2.45) is 5.73 Å². The summed E-state index contributed by atoms with van der Waals surface area (Å²) in [6, 6.07) is 0.507. The zero-order valence-corrected chi connectivity index (χ0v) is 13.3. The van der Waals surface area contributed by atoms with Crippen molar-refractivity contribution in [1.29, 1.82) is 0 Å². The molecule has 2 saturated heterocycles. The molecule has 6 heteroatoms. The fraction of sp³-hybridized carbons (Fsp3) is 0.933. The number of amides is 1. The van der Waals surface area contributed by atoms with Crippen molar-refractivity contribution >= 4 is 5.91 Å². The first kappa shape index (κ1) is 16.7. The van der Waals surface area contributed by atoms with Gasteiger partial charge >= 0.3 is 0 Å². The molecule has 6 nitrogen and oxygen atoms in total. The van der Waals surface area contributed by atoms with Gasteiger partial charge < -0.3 is 15.4 Å². The normalized spacial score (nSPS) is 23.2. The average Bonchev–Trinajstić information content (AvgIpc) is 2.54. The van der Waals surface area contributed by atoms with Crippen LogP contribution in [-0.2, 0) is 9.53 Å². The van der Waals surface area contributed by atoms with Gasteiger partial charge in [0.1, 0.15) is 0 Å². The molecule has 0 aromatic carbocycles. The maximum atomic E-state index is 12.2. The van der Waals surface area contributed by atoms with Crippen molar-refractivity contribution in [1.82, 2.24) is 14.7 Å². The van der Waals surface area contributed by atoms with Gasteiger partial charge in [0.15, 0.2) is 0 Å². The second-order valence-corrected chi connectivity index (χ2v) is 5.98. The van der Waals surface area contributed by atoms with Crippen molar-refractivity contribution in [3.05, 3.63) is 0 Å². The molecular formula is C15H30N4O2. The molecular weight excluding hydrogens is 268 g/mol. The first-order chi connectivity index (χ1) is 10.2. The van der Waals surface area contributed by atoms with Gasteiger partial charge in [0.25, 0.3) is 0 Å². The summed E-state index contributed by atoms with van der Waals surface area (Å²) in [6.07, 6.45) is 2.35. The van der Waals surface area contributed by atoms with Crippen LogP contribution < -0.4 is 5.73 Å². The summed E-state index contributed by atoms with van der Waals surface area (Å²) in [5, 5.41) is 0. The monoisotopic (exact) mass is 298 g/mol. The minimum Gasteiger partial charge on any atom is -0.378 e. The zero-order valence-electron chi connectivity index (χ0n) is 13.3. The van der Waals surface area contributed by atoms with E-state index in [9.17, 15) is 4.79 Å². The SMILES string of the molecule is CCCC(CN)N1CCN(CC(=O)N2CCOCC2)CC1. The number of carbonyl (C=O) groups excluding carboxylic acids is 1.